The van der Waals surface area contributed by atoms with E-state index in [0.29, 0.717) is 19.8 Å². The quantitative estimate of drug-likeness (QED) is 0.879. The molecule has 0 bridgehead atoms. The van der Waals surface area contributed by atoms with Gasteiger partial charge in [0.25, 0.3) is 0 Å². The van der Waals surface area contributed by atoms with Crippen LogP contribution in [0.4, 0.5) is 0 Å². The van der Waals surface area contributed by atoms with Crippen LogP contribution in [0.1, 0.15) is 12.5 Å². The third-order valence-corrected chi connectivity index (χ3v) is 3.46. The van der Waals surface area contributed by atoms with Gasteiger partial charge in [-0.25, -0.2) is 0 Å². The minimum Gasteiger partial charge on any atom is -0.493 e. The second kappa shape index (κ2) is 5.25. The summed E-state index contributed by atoms with van der Waals surface area (Å²) in [5.41, 5.74) is 0.860. The Morgan fingerprint density at radius 1 is 1.47 bits per heavy atom. The maximum absolute atomic E-state index is 9.28. The fraction of sp³-hybridized carbons (Fsp3) is 0.538. The lowest BCUT2D eigenvalue weighted by molar-refractivity contribution is -0.153. The molecule has 94 valence electrons. The van der Waals surface area contributed by atoms with E-state index in [0.717, 1.165) is 22.8 Å². The summed E-state index contributed by atoms with van der Waals surface area (Å²) in [6, 6.07) is 5.65. The van der Waals surface area contributed by atoms with Crippen molar-refractivity contribution in [1.82, 2.24) is 0 Å². The van der Waals surface area contributed by atoms with Gasteiger partial charge in [0, 0.05) is 5.02 Å². The van der Waals surface area contributed by atoms with Gasteiger partial charge >= 0.3 is 0 Å². The molecule has 0 saturated carbocycles. The van der Waals surface area contributed by atoms with Gasteiger partial charge in [0.15, 0.2) is 0 Å². The predicted molar refractivity (Wildman–Crippen MR) is 66.7 cm³/mol. The molecule has 4 heteroatoms. The van der Waals surface area contributed by atoms with Crippen LogP contribution in [0.15, 0.2) is 18.2 Å². The minimum absolute atomic E-state index is 0.0984. The van der Waals surface area contributed by atoms with Crippen molar-refractivity contribution < 1.29 is 14.6 Å². The van der Waals surface area contributed by atoms with Crippen LogP contribution < -0.4 is 4.74 Å². The molecule has 1 aromatic rings. The van der Waals surface area contributed by atoms with E-state index in [1.165, 1.54) is 0 Å². The van der Waals surface area contributed by atoms with Crippen LogP contribution in [0, 0.1) is 5.41 Å². The molecule has 1 heterocycles. The van der Waals surface area contributed by atoms with Crippen molar-refractivity contribution in [1.29, 1.82) is 0 Å². The van der Waals surface area contributed by atoms with E-state index < -0.39 is 0 Å². The molecule has 1 aliphatic heterocycles. The number of hydrogen-bond acceptors (Lipinski definition) is 3. The van der Waals surface area contributed by atoms with Crippen LogP contribution in [-0.2, 0) is 11.2 Å². The largest absolute Gasteiger partial charge is 0.493 e. The average molecular weight is 257 g/mol. The van der Waals surface area contributed by atoms with Gasteiger partial charge in [0.1, 0.15) is 12.4 Å². The Morgan fingerprint density at radius 2 is 2.24 bits per heavy atom. The molecule has 2 rings (SSSR count). The zero-order valence-corrected chi connectivity index (χ0v) is 10.7. The van der Waals surface area contributed by atoms with Crippen molar-refractivity contribution in [2.45, 2.75) is 13.3 Å². The summed E-state index contributed by atoms with van der Waals surface area (Å²) < 4.78 is 10.8. The fourth-order valence-electron chi connectivity index (χ4n) is 1.76. The summed E-state index contributed by atoms with van der Waals surface area (Å²) in [5, 5.41) is 10.0. The molecule has 0 atom stereocenters. The second-order valence-electron chi connectivity index (χ2n) is 4.55. The average Bonchev–Trinajstić information content (AvgIpc) is 2.30. The number of hydrogen-bond donors (Lipinski definition) is 1. The molecule has 0 aromatic heterocycles. The topological polar surface area (TPSA) is 38.7 Å². The fourth-order valence-corrected chi connectivity index (χ4v) is 2.01. The van der Waals surface area contributed by atoms with Crippen molar-refractivity contribution in [2.75, 3.05) is 26.4 Å². The smallest absolute Gasteiger partial charge is 0.119 e. The lowest BCUT2D eigenvalue weighted by atomic mass is 9.88. The third kappa shape index (κ3) is 2.73. The first-order valence-corrected chi connectivity index (χ1v) is 6.17. The summed E-state index contributed by atoms with van der Waals surface area (Å²) >= 11 is 6.04. The van der Waals surface area contributed by atoms with E-state index in [9.17, 15) is 5.11 Å². The van der Waals surface area contributed by atoms with Gasteiger partial charge in [-0.15, -0.1) is 0 Å². The molecule has 1 fully saturated rings. The lowest BCUT2D eigenvalue weighted by Crippen LogP contribution is -2.49. The molecule has 0 spiro atoms. The van der Waals surface area contributed by atoms with E-state index >= 15 is 0 Å². The Kier molecular flexibility index (Phi) is 3.92. The zero-order valence-electron chi connectivity index (χ0n) is 9.91. The number of halogens is 1. The molecule has 3 nitrogen and oxygen atoms in total. The van der Waals surface area contributed by atoms with Gasteiger partial charge in [-0.05, 0) is 30.2 Å². The number of rotatable bonds is 5. The van der Waals surface area contributed by atoms with Crippen LogP contribution in [0.25, 0.3) is 0 Å². The molecule has 0 radical (unpaired) electrons. The van der Waals surface area contributed by atoms with E-state index in [-0.39, 0.29) is 12.0 Å². The normalized spacial score (nSPS) is 17.6. The molecule has 1 saturated heterocycles. The van der Waals surface area contributed by atoms with Crippen molar-refractivity contribution in [3.05, 3.63) is 28.8 Å². The Labute approximate surface area is 106 Å². The first-order valence-electron chi connectivity index (χ1n) is 5.79. The van der Waals surface area contributed by atoms with Gasteiger partial charge in [-0.1, -0.05) is 18.5 Å². The van der Waals surface area contributed by atoms with Gasteiger partial charge in [-0.3, -0.25) is 0 Å². The Balaban J connectivity index is 1.99. The van der Waals surface area contributed by atoms with Gasteiger partial charge in [-0.2, -0.15) is 0 Å². The van der Waals surface area contributed by atoms with Crippen molar-refractivity contribution in [3.63, 3.8) is 0 Å². The Morgan fingerprint density at radius 3 is 2.76 bits per heavy atom. The molecule has 1 aromatic carbocycles. The van der Waals surface area contributed by atoms with Gasteiger partial charge < -0.3 is 14.6 Å². The van der Waals surface area contributed by atoms with E-state index in [1.807, 2.05) is 18.2 Å². The van der Waals surface area contributed by atoms with Crippen LogP contribution >= 0.6 is 11.6 Å². The number of ether oxygens (including phenoxy) is 2. The zero-order chi connectivity index (χ0) is 12.3. The van der Waals surface area contributed by atoms with Crippen LogP contribution in [0.5, 0.6) is 5.75 Å². The minimum atomic E-state index is -0.216. The van der Waals surface area contributed by atoms with Crippen LogP contribution in [0.2, 0.25) is 5.02 Å². The second-order valence-corrected chi connectivity index (χ2v) is 4.95. The van der Waals surface area contributed by atoms with Crippen molar-refractivity contribution in [3.8, 4) is 5.75 Å². The first-order chi connectivity index (χ1) is 8.19. The molecule has 0 aliphatic carbocycles. The van der Waals surface area contributed by atoms with E-state index in [1.54, 1.807) is 0 Å². The lowest BCUT2D eigenvalue weighted by Gasteiger charge is -2.39. The monoisotopic (exact) mass is 256 g/mol. The van der Waals surface area contributed by atoms with E-state index in [2.05, 4.69) is 6.92 Å². The summed E-state index contributed by atoms with van der Waals surface area (Å²) in [5.74, 6) is 0.797. The highest BCUT2D eigenvalue weighted by molar-refractivity contribution is 6.31. The van der Waals surface area contributed by atoms with Gasteiger partial charge in [0.2, 0.25) is 0 Å². The molecule has 1 aliphatic rings. The molecular formula is C13H17ClO3. The molecular weight excluding hydrogens is 240 g/mol. The maximum atomic E-state index is 9.28. The molecule has 1 N–H and O–H groups in total. The highest BCUT2D eigenvalue weighted by atomic mass is 35.5. The summed E-state index contributed by atoms with van der Waals surface area (Å²) in [7, 11) is 0. The van der Waals surface area contributed by atoms with Crippen LogP contribution in [-0.4, -0.2) is 31.5 Å². The summed E-state index contributed by atoms with van der Waals surface area (Å²) in [6.07, 6.45) is 0.879. The van der Waals surface area contributed by atoms with E-state index in [4.69, 9.17) is 21.1 Å². The highest BCUT2D eigenvalue weighted by Crippen LogP contribution is 2.29. The number of benzene rings is 1. The first kappa shape index (κ1) is 12.7. The number of aliphatic hydroxyl groups is 1. The number of aryl methyl sites for hydroxylation is 1. The number of aliphatic hydroxyl groups excluding tert-OH is 1. The highest BCUT2D eigenvalue weighted by Gasteiger charge is 2.39. The predicted octanol–water partition coefficient (Wildman–Crippen LogP) is 2.29. The van der Waals surface area contributed by atoms with Gasteiger partial charge in [0.05, 0.1) is 25.2 Å². The van der Waals surface area contributed by atoms with Crippen LogP contribution in [0.3, 0.4) is 0 Å². The standard InChI is InChI=1S/C13H17ClO3/c1-2-10-5-11(3-4-12(10)14)17-9-13(6-15)7-16-8-13/h3-5,15H,2,6-9H2,1H3. The van der Waals surface area contributed by atoms with Crippen molar-refractivity contribution in [2.24, 2.45) is 5.41 Å². The Hall–Kier alpha value is -0.770. The molecule has 17 heavy (non-hydrogen) atoms. The molecule has 0 unspecified atom stereocenters. The maximum Gasteiger partial charge on any atom is 0.119 e. The summed E-state index contributed by atoms with van der Waals surface area (Å²) in [4.78, 5) is 0. The summed E-state index contributed by atoms with van der Waals surface area (Å²) in [6.45, 7) is 3.77. The SMILES string of the molecule is CCc1cc(OCC2(CO)COC2)ccc1Cl. The van der Waals surface area contributed by atoms with Crippen molar-refractivity contribution >= 4 is 11.6 Å². The molecule has 0 amide bonds. The third-order valence-electron chi connectivity index (χ3n) is 3.10. The Bertz CT molecular complexity index is 383.